The van der Waals surface area contributed by atoms with Gasteiger partial charge >= 0.3 is 0 Å². The number of hydrogen-bond donors (Lipinski definition) is 0. The summed E-state index contributed by atoms with van der Waals surface area (Å²) in [5.41, 5.74) is 0.858. The average Bonchev–Trinajstić information content (AvgIpc) is 2.47. The molecule has 0 N–H and O–H groups in total. The molecule has 0 aromatic heterocycles. The molecule has 0 heterocycles. The number of benzene rings is 1. The molecule has 24 heavy (non-hydrogen) atoms. The molecular formula is C16H19Cl2F2NO3. The summed E-state index contributed by atoms with van der Waals surface area (Å²) in [7, 11) is 0. The van der Waals surface area contributed by atoms with E-state index >= 15 is 0 Å². The Kier molecular flexibility index (Phi) is 9.49. The van der Waals surface area contributed by atoms with Crippen LogP contribution in [-0.2, 0) is 4.84 Å². The third-order valence-electron chi connectivity index (χ3n) is 2.58. The quantitative estimate of drug-likeness (QED) is 0.295. The first-order valence-electron chi connectivity index (χ1n) is 7.29. The molecule has 0 atom stereocenters. The van der Waals surface area contributed by atoms with Crippen molar-refractivity contribution < 1.29 is 23.1 Å². The summed E-state index contributed by atoms with van der Waals surface area (Å²) in [5.74, 6) is 0.622. The fourth-order valence-corrected chi connectivity index (χ4v) is 2.15. The van der Waals surface area contributed by atoms with Crippen molar-refractivity contribution >= 4 is 28.9 Å². The number of hydrogen-bond acceptors (Lipinski definition) is 4. The first-order valence-corrected chi connectivity index (χ1v) is 8.04. The molecule has 0 amide bonds. The summed E-state index contributed by atoms with van der Waals surface area (Å²) in [5, 5.41) is 4.33. The molecule has 1 aromatic carbocycles. The second-order valence-corrected chi connectivity index (χ2v) is 5.76. The van der Waals surface area contributed by atoms with E-state index in [1.807, 2.05) is 13.8 Å². The van der Waals surface area contributed by atoms with Crippen molar-refractivity contribution in [2.24, 2.45) is 5.16 Å². The summed E-state index contributed by atoms with van der Waals surface area (Å²) in [4.78, 5) is 5.07. The van der Waals surface area contributed by atoms with Gasteiger partial charge in [-0.3, -0.25) is 0 Å². The van der Waals surface area contributed by atoms with Gasteiger partial charge in [0.25, 0.3) is 6.08 Å². The Morgan fingerprint density at radius 3 is 2.29 bits per heavy atom. The van der Waals surface area contributed by atoms with Crippen molar-refractivity contribution in [3.63, 3.8) is 0 Å². The van der Waals surface area contributed by atoms with Crippen LogP contribution in [0, 0.1) is 0 Å². The van der Waals surface area contributed by atoms with Crippen LogP contribution in [0.15, 0.2) is 29.4 Å². The third-order valence-corrected chi connectivity index (χ3v) is 3.14. The van der Waals surface area contributed by atoms with Crippen LogP contribution in [0.3, 0.4) is 0 Å². The van der Waals surface area contributed by atoms with E-state index in [9.17, 15) is 8.78 Å². The van der Waals surface area contributed by atoms with Crippen LogP contribution in [0.25, 0.3) is 0 Å². The molecule has 0 bridgehead atoms. The highest BCUT2D eigenvalue weighted by molar-refractivity contribution is 6.37. The molecule has 0 radical (unpaired) electrons. The maximum absolute atomic E-state index is 11.9. The van der Waals surface area contributed by atoms with Gasteiger partial charge in [0.05, 0.1) is 22.4 Å². The van der Waals surface area contributed by atoms with Gasteiger partial charge in [-0.05, 0) is 26.7 Å². The van der Waals surface area contributed by atoms with Crippen LogP contribution < -0.4 is 9.47 Å². The number of oxime groups is 1. The highest BCUT2D eigenvalue weighted by Gasteiger charge is 2.10. The van der Waals surface area contributed by atoms with Crippen molar-refractivity contribution in [1.29, 1.82) is 0 Å². The predicted octanol–water partition coefficient (Wildman–Crippen LogP) is 5.72. The fourth-order valence-electron chi connectivity index (χ4n) is 1.58. The van der Waals surface area contributed by atoms with Crippen molar-refractivity contribution in [3.8, 4) is 11.5 Å². The lowest BCUT2D eigenvalue weighted by molar-refractivity contribution is 0.135. The number of unbranched alkanes of at least 4 members (excludes halogenated alkanes) is 1. The normalized spacial score (nSPS) is 10.1. The first kappa shape index (κ1) is 20.5. The lowest BCUT2D eigenvalue weighted by Gasteiger charge is -2.12. The Balaban J connectivity index is 2.43. The van der Waals surface area contributed by atoms with E-state index in [0.717, 1.165) is 18.6 Å². The zero-order valence-corrected chi connectivity index (χ0v) is 15.0. The van der Waals surface area contributed by atoms with Crippen LogP contribution in [0.5, 0.6) is 11.5 Å². The predicted molar refractivity (Wildman–Crippen MR) is 91.7 cm³/mol. The summed E-state index contributed by atoms with van der Waals surface area (Å²) in [6.07, 6.45) is 0.354. The second kappa shape index (κ2) is 11.1. The smallest absolute Gasteiger partial charge is 0.269 e. The van der Waals surface area contributed by atoms with Gasteiger partial charge in [0.1, 0.15) is 19.0 Å². The zero-order chi connectivity index (χ0) is 17.9. The minimum absolute atomic E-state index is 0.254. The number of halogens is 4. The molecule has 8 heteroatoms. The Hall–Kier alpha value is -1.53. The van der Waals surface area contributed by atoms with Crippen molar-refractivity contribution in [1.82, 2.24) is 0 Å². The van der Waals surface area contributed by atoms with Gasteiger partial charge in [-0.1, -0.05) is 28.4 Å². The van der Waals surface area contributed by atoms with Crippen molar-refractivity contribution in [2.45, 2.75) is 26.7 Å². The molecule has 134 valence electrons. The standard InChI is InChI=1S/C16H19Cl2F2NO3/c1-11(2)21-24-7-4-3-6-23-16-13(17)9-12(10-14(16)18)22-8-5-15(19)20/h5,9-10H,3-4,6-8H2,1-2H3. The zero-order valence-electron chi connectivity index (χ0n) is 13.5. The first-order chi connectivity index (χ1) is 11.4. The van der Waals surface area contributed by atoms with E-state index in [2.05, 4.69) is 5.16 Å². The lowest BCUT2D eigenvalue weighted by Crippen LogP contribution is -2.01. The average molecular weight is 382 g/mol. The summed E-state index contributed by atoms with van der Waals surface area (Å²) < 4.78 is 34.5. The summed E-state index contributed by atoms with van der Waals surface area (Å²) in [6, 6.07) is 2.93. The Labute approximate surface area is 150 Å². The van der Waals surface area contributed by atoms with E-state index in [1.165, 1.54) is 12.1 Å². The van der Waals surface area contributed by atoms with Crippen LogP contribution in [0.1, 0.15) is 26.7 Å². The third kappa shape index (κ3) is 8.36. The van der Waals surface area contributed by atoms with Gasteiger partial charge < -0.3 is 14.3 Å². The number of ether oxygens (including phenoxy) is 2. The van der Waals surface area contributed by atoms with Gasteiger partial charge in [-0.2, -0.15) is 8.78 Å². The molecule has 1 rings (SSSR count). The molecule has 0 saturated carbocycles. The van der Waals surface area contributed by atoms with Gasteiger partial charge in [0, 0.05) is 18.2 Å². The molecular weight excluding hydrogens is 363 g/mol. The van der Waals surface area contributed by atoms with Crippen molar-refractivity contribution in [3.05, 3.63) is 34.3 Å². The Morgan fingerprint density at radius 2 is 1.71 bits per heavy atom. The molecule has 0 aliphatic carbocycles. The highest BCUT2D eigenvalue weighted by atomic mass is 35.5. The van der Waals surface area contributed by atoms with Crippen LogP contribution in [0.2, 0.25) is 10.0 Å². The maximum Gasteiger partial charge on any atom is 0.269 e. The van der Waals surface area contributed by atoms with E-state index in [-0.39, 0.29) is 22.4 Å². The topological polar surface area (TPSA) is 40.0 Å². The number of rotatable bonds is 10. The summed E-state index contributed by atoms with van der Waals surface area (Å²) >= 11 is 12.2. The van der Waals surface area contributed by atoms with E-state index in [0.29, 0.717) is 25.0 Å². The molecule has 0 unspecified atom stereocenters. The maximum atomic E-state index is 11.9. The van der Waals surface area contributed by atoms with E-state index in [4.69, 9.17) is 37.5 Å². The van der Waals surface area contributed by atoms with Crippen LogP contribution >= 0.6 is 23.2 Å². The van der Waals surface area contributed by atoms with E-state index in [1.54, 1.807) is 0 Å². The minimum atomic E-state index is -1.81. The number of nitrogens with zero attached hydrogens (tertiary/aromatic N) is 1. The lowest BCUT2D eigenvalue weighted by atomic mass is 10.3. The van der Waals surface area contributed by atoms with Gasteiger partial charge in [-0.25, -0.2) is 0 Å². The molecule has 0 aliphatic heterocycles. The highest BCUT2D eigenvalue weighted by Crippen LogP contribution is 2.37. The largest absolute Gasteiger partial charge is 0.490 e. The van der Waals surface area contributed by atoms with Crippen molar-refractivity contribution in [2.75, 3.05) is 19.8 Å². The molecule has 0 spiro atoms. The van der Waals surface area contributed by atoms with E-state index < -0.39 is 6.08 Å². The van der Waals surface area contributed by atoms with Gasteiger partial charge in [0.2, 0.25) is 0 Å². The van der Waals surface area contributed by atoms with Crippen LogP contribution in [0.4, 0.5) is 8.78 Å². The fraction of sp³-hybridized carbons (Fsp3) is 0.438. The summed E-state index contributed by atoms with van der Waals surface area (Å²) in [6.45, 7) is 4.35. The molecule has 1 aromatic rings. The van der Waals surface area contributed by atoms with Gasteiger partial charge in [-0.15, -0.1) is 0 Å². The molecule has 4 nitrogen and oxygen atoms in total. The molecule has 0 fully saturated rings. The second-order valence-electron chi connectivity index (χ2n) is 4.95. The van der Waals surface area contributed by atoms with Crippen LogP contribution in [-0.4, -0.2) is 25.5 Å². The molecule has 0 aliphatic rings. The SMILES string of the molecule is CC(C)=NOCCCCOc1c(Cl)cc(OCC=C(F)F)cc1Cl. The molecule has 0 saturated heterocycles. The monoisotopic (exact) mass is 381 g/mol. The Morgan fingerprint density at radius 1 is 1.08 bits per heavy atom. The Bertz CT molecular complexity index is 564. The van der Waals surface area contributed by atoms with Gasteiger partial charge in [0.15, 0.2) is 5.75 Å². The minimum Gasteiger partial charge on any atom is -0.490 e.